The first-order chi connectivity index (χ1) is 38.3. The summed E-state index contributed by atoms with van der Waals surface area (Å²) < 4.78 is 0. The number of imide groups is 2. The van der Waals surface area contributed by atoms with Crippen LogP contribution in [0, 0.1) is 11.8 Å². The van der Waals surface area contributed by atoms with Gasteiger partial charge in [-0.2, -0.15) is 0 Å². The molecule has 0 bridgehead atoms. The molecule has 2 aliphatic heterocycles. The van der Waals surface area contributed by atoms with Crippen LogP contribution >= 0.6 is 22.7 Å². The van der Waals surface area contributed by atoms with E-state index in [1.54, 1.807) is 38.5 Å². The number of hydrogen-bond acceptors (Lipinski definition) is 6. The first-order valence-corrected chi connectivity index (χ1v) is 34.5. The Bertz CT molecular complexity index is 2360. The minimum atomic E-state index is -0.291. The molecule has 0 fully saturated rings. The van der Waals surface area contributed by atoms with Gasteiger partial charge in [-0.25, -0.2) is 0 Å². The van der Waals surface area contributed by atoms with Gasteiger partial charge in [0, 0.05) is 60.7 Å². The highest BCUT2D eigenvalue weighted by molar-refractivity contribution is 7.23. The molecule has 6 nitrogen and oxygen atoms in total. The van der Waals surface area contributed by atoms with Crippen molar-refractivity contribution in [1.29, 1.82) is 0 Å². The lowest BCUT2D eigenvalue weighted by atomic mass is 9.82. The fourth-order valence-corrected chi connectivity index (χ4v) is 14.6. The van der Waals surface area contributed by atoms with Crippen LogP contribution in [0.3, 0.4) is 0 Å². The number of amides is 4. The van der Waals surface area contributed by atoms with Gasteiger partial charge < -0.3 is 0 Å². The van der Waals surface area contributed by atoms with E-state index in [0.29, 0.717) is 51.7 Å². The Morgan fingerprint density at radius 3 is 1.08 bits per heavy atom. The fourth-order valence-electron chi connectivity index (χ4n) is 12.8. The van der Waals surface area contributed by atoms with Crippen LogP contribution in [0.15, 0.2) is 47.8 Å². The number of thiophene rings is 2. The molecule has 8 heteroatoms. The summed E-state index contributed by atoms with van der Waals surface area (Å²) in [5, 5.41) is 3.07. The summed E-state index contributed by atoms with van der Waals surface area (Å²) >= 11 is 3.32. The highest BCUT2D eigenvalue weighted by atomic mass is 32.1. The zero-order valence-electron chi connectivity index (χ0n) is 49.8. The molecule has 2 aromatic carbocycles. The third-order valence-corrected chi connectivity index (χ3v) is 19.7. The Kier molecular flexibility index (Phi) is 29.9. The van der Waals surface area contributed by atoms with Crippen LogP contribution in [-0.4, -0.2) is 46.5 Å². The van der Waals surface area contributed by atoms with Gasteiger partial charge in [0.2, 0.25) is 0 Å². The molecule has 0 saturated heterocycles. The van der Waals surface area contributed by atoms with E-state index in [9.17, 15) is 4.79 Å². The number of nitrogens with zero attached hydrogens (tertiary/aromatic N) is 2. The maximum Gasteiger partial charge on any atom is 0.262 e. The van der Waals surface area contributed by atoms with Gasteiger partial charge in [0.15, 0.2) is 0 Å². The van der Waals surface area contributed by atoms with Crippen LogP contribution in [0.2, 0.25) is 0 Å². The minimum Gasteiger partial charge on any atom is -0.274 e. The van der Waals surface area contributed by atoms with Crippen molar-refractivity contribution < 1.29 is 19.2 Å². The van der Waals surface area contributed by atoms with E-state index in [2.05, 4.69) is 57.3 Å². The zero-order chi connectivity index (χ0) is 55.2. The van der Waals surface area contributed by atoms with Crippen LogP contribution in [-0.2, 0) is 0 Å². The summed E-state index contributed by atoms with van der Waals surface area (Å²) in [4.78, 5) is 67.1. The van der Waals surface area contributed by atoms with E-state index in [4.69, 9.17) is 0 Å². The second kappa shape index (κ2) is 36.7. The molecule has 2 atom stereocenters. The van der Waals surface area contributed by atoms with Crippen molar-refractivity contribution in [2.75, 3.05) is 13.1 Å². The highest BCUT2D eigenvalue weighted by Crippen LogP contribution is 2.46. The predicted octanol–water partition coefficient (Wildman–Crippen LogP) is 22.4. The topological polar surface area (TPSA) is 74.8 Å². The third-order valence-electron chi connectivity index (χ3n) is 17.5. The lowest BCUT2D eigenvalue weighted by Crippen LogP contribution is -2.46. The van der Waals surface area contributed by atoms with Crippen LogP contribution < -0.4 is 0 Å². The number of carbonyl (C=O) groups excluding carboxylic acids is 4. The fraction of sp³-hybridized carbons (Fsp3) is 0.686. The van der Waals surface area contributed by atoms with Gasteiger partial charge in [0.25, 0.3) is 23.6 Å². The molecule has 432 valence electrons. The first kappa shape index (κ1) is 63.6. The molecule has 0 spiro atoms. The Labute approximate surface area is 483 Å². The van der Waals surface area contributed by atoms with E-state index in [1.807, 2.05) is 12.1 Å². The predicted molar refractivity (Wildman–Crippen MR) is 336 cm³/mol. The van der Waals surface area contributed by atoms with Gasteiger partial charge in [0.05, 0.1) is 5.56 Å². The minimum absolute atomic E-state index is 0.216. The molecule has 6 rings (SSSR count). The van der Waals surface area contributed by atoms with Crippen molar-refractivity contribution >= 4 is 57.1 Å². The van der Waals surface area contributed by atoms with Crippen LogP contribution in [0.1, 0.15) is 326 Å². The second-order valence-electron chi connectivity index (χ2n) is 24.0. The zero-order valence-corrected chi connectivity index (χ0v) is 51.4. The molecule has 0 aliphatic carbocycles. The van der Waals surface area contributed by atoms with Gasteiger partial charge in [-0.15, -0.1) is 22.7 Å². The first-order valence-electron chi connectivity index (χ1n) is 32.8. The van der Waals surface area contributed by atoms with Gasteiger partial charge in [0.1, 0.15) is 0 Å². The summed E-state index contributed by atoms with van der Waals surface area (Å²) in [7, 11) is 0. The highest BCUT2D eigenvalue weighted by Gasteiger charge is 2.42. The van der Waals surface area contributed by atoms with Gasteiger partial charge in [-0.3, -0.25) is 29.0 Å². The molecule has 0 N–H and O–H groups in total. The summed E-state index contributed by atoms with van der Waals surface area (Å²) in [6.45, 7) is 9.89. The Hall–Kier alpha value is -3.62. The number of rotatable bonds is 46. The quantitative estimate of drug-likeness (QED) is 0.0326. The Balaban J connectivity index is 1.24. The maximum absolute atomic E-state index is 15.5. The Morgan fingerprint density at radius 1 is 0.346 bits per heavy atom. The number of benzene rings is 2. The molecule has 4 heterocycles. The van der Waals surface area contributed by atoms with Crippen LogP contribution in [0.5, 0.6) is 0 Å². The van der Waals surface area contributed by atoms with Crippen molar-refractivity contribution in [3.63, 3.8) is 0 Å². The standard InChI is InChI=1S/C70H106N2O4S2/c1-5-9-13-17-21-25-27-31-35-38-43-55(42-37-33-29-23-19-15-11-7-3)53-71-67(73)57-47-48-58-65-64(57)60(69(71)75)52-59(61-49-50-63(78-61)62-46-41-51-77-62)66(65)70(76)72(68(58)74)54-56(44-39-34-30-24-20-16-12-8-4)45-40-36-32-28-26-22-18-14-10-6-2/h41,46-52,55-56H,5-40,42-45,53-54H2,1-4H3. The van der Waals surface area contributed by atoms with E-state index in [-0.39, 0.29) is 35.5 Å². The van der Waals surface area contributed by atoms with Crippen molar-refractivity contribution in [1.82, 2.24) is 9.80 Å². The van der Waals surface area contributed by atoms with E-state index in [0.717, 1.165) is 66.0 Å². The van der Waals surface area contributed by atoms with E-state index >= 15 is 14.4 Å². The molecule has 0 saturated carbocycles. The van der Waals surface area contributed by atoms with E-state index in [1.165, 1.54) is 205 Å². The summed E-state index contributed by atoms with van der Waals surface area (Å²) in [5.74, 6) is -0.718. The van der Waals surface area contributed by atoms with Crippen LogP contribution in [0.25, 0.3) is 31.0 Å². The molecule has 2 aliphatic rings. The molecule has 4 amide bonds. The SMILES string of the molecule is CCCCCCCCCCCCC(CCCCCCCCCC)CN1C(=O)c2ccc3c4c(c(-c5ccc(-c6cccs6)s5)cc(c24)C1=O)C(=O)N(CC(CCCCCCCCCC)CCCCCCCCCCCC)C3=O. The molecule has 0 radical (unpaired) electrons. The number of unbranched alkanes of at least 4 members (excludes halogenated alkanes) is 32. The average Bonchev–Trinajstić information content (AvgIpc) is 4.30. The molecule has 78 heavy (non-hydrogen) atoms. The number of carbonyl (C=O) groups is 4. The normalized spacial score (nSPS) is 14.2. The summed E-state index contributed by atoms with van der Waals surface area (Å²) in [5.41, 5.74) is 2.49. The van der Waals surface area contributed by atoms with Gasteiger partial charge in [-0.05, 0) is 79.3 Å². The molecular formula is C70H106N2O4S2. The second-order valence-corrected chi connectivity index (χ2v) is 26.1. The van der Waals surface area contributed by atoms with Crippen molar-refractivity contribution in [3.05, 3.63) is 70.1 Å². The third kappa shape index (κ3) is 19.5. The lowest BCUT2D eigenvalue weighted by molar-refractivity contribution is 0.0557. The van der Waals surface area contributed by atoms with Gasteiger partial charge in [-0.1, -0.05) is 265 Å². The number of hydrogen-bond donors (Lipinski definition) is 0. The molecule has 2 unspecified atom stereocenters. The lowest BCUT2D eigenvalue weighted by Gasteiger charge is -2.35. The van der Waals surface area contributed by atoms with E-state index < -0.39 is 0 Å². The monoisotopic (exact) mass is 1100 g/mol. The van der Waals surface area contributed by atoms with Gasteiger partial charge >= 0.3 is 0 Å². The van der Waals surface area contributed by atoms with Crippen LogP contribution in [0.4, 0.5) is 0 Å². The molecular weight excluding hydrogens is 997 g/mol. The largest absolute Gasteiger partial charge is 0.274 e. The Morgan fingerprint density at radius 2 is 0.692 bits per heavy atom. The maximum atomic E-state index is 15.5. The van der Waals surface area contributed by atoms with Crippen molar-refractivity contribution in [3.8, 4) is 20.2 Å². The van der Waals surface area contributed by atoms with Crippen molar-refractivity contribution in [2.45, 2.75) is 285 Å². The average molecular weight is 1100 g/mol. The molecule has 4 aromatic rings. The smallest absolute Gasteiger partial charge is 0.262 e. The summed E-state index contributed by atoms with van der Waals surface area (Å²) in [6.07, 6.45) is 49.6. The summed E-state index contributed by atoms with van der Waals surface area (Å²) in [6, 6.07) is 13.9. The molecule has 2 aromatic heterocycles. The van der Waals surface area contributed by atoms with Crippen molar-refractivity contribution in [2.24, 2.45) is 11.8 Å².